The van der Waals surface area contributed by atoms with Gasteiger partial charge in [0.05, 0.1) is 6.61 Å². The molecule has 2 fully saturated rings. The molecule has 1 heterocycles. The minimum Gasteiger partial charge on any atom is -0.384 e. The van der Waals surface area contributed by atoms with E-state index in [-0.39, 0.29) is 23.4 Å². The fourth-order valence-electron chi connectivity index (χ4n) is 4.21. The number of methoxy groups -OCH3 is 1. The minimum absolute atomic E-state index is 0.0132. The van der Waals surface area contributed by atoms with Gasteiger partial charge in [-0.3, -0.25) is 9.59 Å². The van der Waals surface area contributed by atoms with Crippen LogP contribution in [0.1, 0.15) is 50.5 Å². The Morgan fingerprint density at radius 2 is 1.96 bits per heavy atom. The molecule has 0 bridgehead atoms. The van der Waals surface area contributed by atoms with E-state index in [2.05, 4.69) is 22.3 Å². The predicted molar refractivity (Wildman–Crippen MR) is 95.8 cm³/mol. The van der Waals surface area contributed by atoms with Crippen molar-refractivity contribution in [2.75, 3.05) is 13.7 Å². The number of nitrogens with one attached hydrogen (secondary N) is 1. The third-order valence-corrected chi connectivity index (χ3v) is 5.68. The zero-order chi connectivity index (χ0) is 17.7. The third kappa shape index (κ3) is 4.21. The van der Waals surface area contributed by atoms with Gasteiger partial charge in [0, 0.05) is 38.1 Å². The topological polar surface area (TPSA) is 58.6 Å². The fourth-order valence-corrected chi connectivity index (χ4v) is 4.21. The van der Waals surface area contributed by atoms with E-state index in [1.807, 2.05) is 18.2 Å². The summed E-state index contributed by atoms with van der Waals surface area (Å²) in [6.45, 7) is 1.16. The van der Waals surface area contributed by atoms with Gasteiger partial charge in [-0.05, 0) is 37.7 Å². The van der Waals surface area contributed by atoms with Crippen molar-refractivity contribution in [1.82, 2.24) is 10.2 Å². The molecule has 3 rings (SSSR count). The van der Waals surface area contributed by atoms with Gasteiger partial charge in [0.25, 0.3) is 0 Å². The highest BCUT2D eigenvalue weighted by Gasteiger charge is 2.47. The van der Waals surface area contributed by atoms with Crippen molar-refractivity contribution in [2.24, 2.45) is 0 Å². The van der Waals surface area contributed by atoms with Crippen molar-refractivity contribution in [2.45, 2.75) is 63.1 Å². The van der Waals surface area contributed by atoms with Gasteiger partial charge in [-0.2, -0.15) is 0 Å². The van der Waals surface area contributed by atoms with Gasteiger partial charge in [0.2, 0.25) is 11.8 Å². The van der Waals surface area contributed by atoms with E-state index in [1.165, 1.54) is 5.56 Å². The quantitative estimate of drug-likeness (QED) is 0.863. The molecule has 1 aromatic rings. The SMILES string of the molecule is COCCC(=O)NC1CCC2(CCC(=O)N2Cc2ccccc2)CC1. The molecule has 0 unspecified atom stereocenters. The van der Waals surface area contributed by atoms with Crippen LogP contribution in [0.3, 0.4) is 0 Å². The Kier molecular flexibility index (Phi) is 5.74. The minimum atomic E-state index is -0.0132. The van der Waals surface area contributed by atoms with Gasteiger partial charge in [-0.15, -0.1) is 0 Å². The molecule has 1 spiro atoms. The number of hydrogen-bond donors (Lipinski definition) is 1. The monoisotopic (exact) mass is 344 g/mol. The second-order valence-electron chi connectivity index (χ2n) is 7.27. The van der Waals surface area contributed by atoms with Crippen LogP contribution in [0.5, 0.6) is 0 Å². The average molecular weight is 344 g/mol. The number of benzene rings is 1. The summed E-state index contributed by atoms with van der Waals surface area (Å²) in [5, 5.41) is 3.11. The van der Waals surface area contributed by atoms with Crippen molar-refractivity contribution in [1.29, 1.82) is 0 Å². The summed E-state index contributed by atoms with van der Waals surface area (Å²) in [6, 6.07) is 10.4. The van der Waals surface area contributed by atoms with E-state index in [0.717, 1.165) is 32.1 Å². The van der Waals surface area contributed by atoms with Gasteiger partial charge in [0.1, 0.15) is 0 Å². The Bertz CT molecular complexity index is 594. The van der Waals surface area contributed by atoms with E-state index < -0.39 is 0 Å². The second kappa shape index (κ2) is 8.00. The number of ether oxygens (including phenoxy) is 1. The first-order chi connectivity index (χ1) is 12.1. The Balaban J connectivity index is 1.58. The lowest BCUT2D eigenvalue weighted by Gasteiger charge is -2.44. The molecule has 0 atom stereocenters. The Morgan fingerprint density at radius 1 is 1.24 bits per heavy atom. The maximum Gasteiger partial charge on any atom is 0.223 e. The van der Waals surface area contributed by atoms with Crippen LogP contribution in [-0.4, -0.2) is 42.0 Å². The maximum absolute atomic E-state index is 12.5. The number of rotatable bonds is 6. The summed E-state index contributed by atoms with van der Waals surface area (Å²) in [4.78, 5) is 26.5. The van der Waals surface area contributed by atoms with E-state index >= 15 is 0 Å². The smallest absolute Gasteiger partial charge is 0.223 e. The van der Waals surface area contributed by atoms with E-state index in [4.69, 9.17) is 4.74 Å². The summed E-state index contributed by atoms with van der Waals surface area (Å²) < 4.78 is 4.96. The second-order valence-corrected chi connectivity index (χ2v) is 7.27. The Morgan fingerprint density at radius 3 is 2.64 bits per heavy atom. The van der Waals surface area contributed by atoms with Crippen molar-refractivity contribution in [3.05, 3.63) is 35.9 Å². The van der Waals surface area contributed by atoms with Crippen LogP contribution in [-0.2, 0) is 20.9 Å². The first kappa shape index (κ1) is 17.9. The van der Waals surface area contributed by atoms with Crippen LogP contribution in [0.4, 0.5) is 0 Å². The molecule has 5 heteroatoms. The number of carbonyl (C=O) groups is 2. The van der Waals surface area contributed by atoms with Crippen LogP contribution < -0.4 is 5.32 Å². The standard InChI is InChI=1S/C20H28N2O3/c1-25-14-10-18(23)21-17-7-11-20(12-8-17)13-9-19(24)22(20)15-16-5-3-2-4-6-16/h2-6,17H,7-15H2,1H3,(H,21,23). The van der Waals surface area contributed by atoms with Crippen LogP contribution in [0.2, 0.25) is 0 Å². The number of nitrogens with zero attached hydrogens (tertiary/aromatic N) is 1. The first-order valence-electron chi connectivity index (χ1n) is 9.26. The Hall–Kier alpha value is -1.88. The normalized spacial score (nSPS) is 26.2. The molecule has 2 aliphatic rings. The molecule has 25 heavy (non-hydrogen) atoms. The lowest BCUT2D eigenvalue weighted by atomic mass is 9.77. The van der Waals surface area contributed by atoms with Crippen molar-refractivity contribution in [3.8, 4) is 0 Å². The maximum atomic E-state index is 12.5. The average Bonchev–Trinajstić information content (AvgIpc) is 2.93. The van der Waals surface area contributed by atoms with Gasteiger partial charge < -0.3 is 15.0 Å². The Labute approximate surface area is 149 Å². The van der Waals surface area contributed by atoms with Crippen LogP contribution in [0.25, 0.3) is 0 Å². The summed E-state index contributed by atoms with van der Waals surface area (Å²) in [6.07, 6.45) is 5.84. The van der Waals surface area contributed by atoms with Gasteiger partial charge in [-0.1, -0.05) is 30.3 Å². The fraction of sp³-hybridized carbons (Fsp3) is 0.600. The molecule has 1 N–H and O–H groups in total. The summed E-state index contributed by atoms with van der Waals surface area (Å²) in [5.74, 6) is 0.331. The van der Waals surface area contributed by atoms with Gasteiger partial charge in [-0.25, -0.2) is 0 Å². The largest absolute Gasteiger partial charge is 0.384 e. The summed E-state index contributed by atoms with van der Waals surface area (Å²) >= 11 is 0. The number of amides is 2. The summed E-state index contributed by atoms with van der Waals surface area (Å²) in [5.41, 5.74) is 1.17. The van der Waals surface area contributed by atoms with Crippen LogP contribution >= 0.6 is 0 Å². The molecular formula is C20H28N2O3. The van der Waals surface area contributed by atoms with Gasteiger partial charge in [0.15, 0.2) is 0 Å². The zero-order valence-electron chi connectivity index (χ0n) is 15.0. The molecule has 5 nitrogen and oxygen atoms in total. The zero-order valence-corrected chi connectivity index (χ0v) is 15.0. The van der Waals surface area contributed by atoms with E-state index in [9.17, 15) is 9.59 Å². The van der Waals surface area contributed by atoms with Crippen LogP contribution in [0.15, 0.2) is 30.3 Å². The molecule has 1 saturated carbocycles. The highest BCUT2D eigenvalue weighted by molar-refractivity contribution is 5.80. The van der Waals surface area contributed by atoms with Gasteiger partial charge >= 0.3 is 0 Å². The molecule has 1 aliphatic heterocycles. The third-order valence-electron chi connectivity index (χ3n) is 5.68. The summed E-state index contributed by atoms with van der Waals surface area (Å²) in [7, 11) is 1.61. The number of hydrogen-bond acceptors (Lipinski definition) is 3. The molecule has 0 aromatic heterocycles. The van der Waals surface area contributed by atoms with Crippen molar-refractivity contribution >= 4 is 11.8 Å². The number of carbonyl (C=O) groups excluding carboxylic acids is 2. The lowest BCUT2D eigenvalue weighted by Crippen LogP contribution is -2.51. The predicted octanol–water partition coefficient (Wildman–Crippen LogP) is 2.64. The lowest BCUT2D eigenvalue weighted by molar-refractivity contribution is -0.133. The van der Waals surface area contributed by atoms with Crippen molar-refractivity contribution < 1.29 is 14.3 Å². The van der Waals surface area contributed by atoms with Crippen molar-refractivity contribution in [3.63, 3.8) is 0 Å². The molecule has 2 amide bonds. The molecule has 1 saturated heterocycles. The molecular weight excluding hydrogens is 316 g/mol. The molecule has 0 radical (unpaired) electrons. The van der Waals surface area contributed by atoms with Crippen LogP contribution in [0, 0.1) is 0 Å². The highest BCUT2D eigenvalue weighted by atomic mass is 16.5. The number of likely N-dealkylation sites (tertiary alicyclic amines) is 1. The van der Waals surface area contributed by atoms with E-state index in [0.29, 0.717) is 26.0 Å². The molecule has 1 aliphatic carbocycles. The highest BCUT2D eigenvalue weighted by Crippen LogP contribution is 2.43. The first-order valence-corrected chi connectivity index (χ1v) is 9.26. The molecule has 136 valence electrons. The molecule has 1 aromatic carbocycles. The van der Waals surface area contributed by atoms with E-state index in [1.54, 1.807) is 7.11 Å².